The number of carbonyl (C=O) groups is 2. The predicted octanol–water partition coefficient (Wildman–Crippen LogP) is 5.49. The maximum Gasteiger partial charge on any atom is 0.291 e. The Hall–Kier alpha value is -3.90. The normalized spacial score (nSPS) is 18.4. The lowest BCUT2D eigenvalue weighted by Gasteiger charge is -2.34. The van der Waals surface area contributed by atoms with E-state index < -0.39 is 16.9 Å². The number of hydrogen-bond donors (Lipinski definition) is 0. The second-order valence-electron chi connectivity index (χ2n) is 9.19. The highest BCUT2D eigenvalue weighted by molar-refractivity contribution is 6.31. The monoisotopic (exact) mass is 498 g/mol. The molecule has 2 aliphatic rings. The molecule has 1 spiro atoms. The molecule has 3 heterocycles. The zero-order chi connectivity index (χ0) is 25.0. The van der Waals surface area contributed by atoms with Crippen molar-refractivity contribution in [3.63, 3.8) is 0 Å². The molecule has 0 saturated heterocycles. The van der Waals surface area contributed by atoms with Crippen molar-refractivity contribution in [3.05, 3.63) is 110 Å². The van der Waals surface area contributed by atoms with E-state index in [9.17, 15) is 14.4 Å². The molecule has 6 rings (SSSR count). The van der Waals surface area contributed by atoms with Crippen LogP contribution in [0.5, 0.6) is 0 Å². The average molecular weight is 499 g/mol. The van der Waals surface area contributed by atoms with Crippen LogP contribution in [0.25, 0.3) is 11.0 Å². The molecule has 0 saturated carbocycles. The minimum atomic E-state index is -1.59. The third-order valence-electron chi connectivity index (χ3n) is 7.12. The first-order chi connectivity index (χ1) is 17.5. The van der Waals surface area contributed by atoms with Gasteiger partial charge in [-0.3, -0.25) is 14.4 Å². The van der Waals surface area contributed by atoms with Gasteiger partial charge in [0.05, 0.1) is 23.2 Å². The lowest BCUT2D eigenvalue weighted by Crippen LogP contribution is -2.53. The quantitative estimate of drug-likeness (QED) is 0.364. The molecule has 3 aromatic carbocycles. The lowest BCUT2D eigenvalue weighted by atomic mass is 9.84. The lowest BCUT2D eigenvalue weighted by molar-refractivity contribution is -0.126. The average Bonchev–Trinajstić information content (AvgIpc) is 3.28. The van der Waals surface area contributed by atoms with Crippen LogP contribution in [0.3, 0.4) is 0 Å². The molecule has 6 nitrogen and oxygen atoms in total. The van der Waals surface area contributed by atoms with Crippen LogP contribution in [0.15, 0.2) is 82.0 Å². The largest absolute Gasteiger partial charge is 0.450 e. The first-order valence-corrected chi connectivity index (χ1v) is 12.4. The van der Waals surface area contributed by atoms with Gasteiger partial charge in [-0.25, -0.2) is 0 Å². The van der Waals surface area contributed by atoms with Crippen molar-refractivity contribution < 1.29 is 14.0 Å². The van der Waals surface area contributed by atoms with Gasteiger partial charge >= 0.3 is 0 Å². The van der Waals surface area contributed by atoms with Gasteiger partial charge in [-0.1, -0.05) is 73.5 Å². The van der Waals surface area contributed by atoms with Crippen LogP contribution in [0.2, 0.25) is 5.02 Å². The molecule has 2 aliphatic heterocycles. The second kappa shape index (κ2) is 8.35. The summed E-state index contributed by atoms with van der Waals surface area (Å²) < 4.78 is 6.05. The summed E-state index contributed by atoms with van der Waals surface area (Å²) in [6.45, 7) is 2.65. The Labute approximate surface area is 212 Å². The molecule has 7 heteroatoms. The topological polar surface area (TPSA) is 70.8 Å². The van der Waals surface area contributed by atoms with Crippen molar-refractivity contribution in [2.75, 3.05) is 11.4 Å². The number of fused-ring (bicyclic) bond motifs is 5. The number of benzene rings is 3. The molecule has 0 fully saturated rings. The summed E-state index contributed by atoms with van der Waals surface area (Å²) in [5.74, 6) is -0.850. The molecular weight excluding hydrogens is 476 g/mol. The van der Waals surface area contributed by atoms with Crippen molar-refractivity contribution in [1.29, 1.82) is 0 Å². The number of halogens is 1. The number of anilines is 1. The molecule has 0 aliphatic carbocycles. The third-order valence-corrected chi connectivity index (χ3v) is 7.35. The van der Waals surface area contributed by atoms with Gasteiger partial charge < -0.3 is 14.2 Å². The van der Waals surface area contributed by atoms with Gasteiger partial charge in [0.25, 0.3) is 11.8 Å². The highest BCUT2D eigenvalue weighted by Crippen LogP contribution is 2.53. The van der Waals surface area contributed by atoms with Crippen LogP contribution >= 0.6 is 11.6 Å². The summed E-state index contributed by atoms with van der Waals surface area (Å²) in [7, 11) is 0. The third kappa shape index (κ3) is 3.00. The Kier molecular flexibility index (Phi) is 5.23. The smallest absolute Gasteiger partial charge is 0.291 e. The van der Waals surface area contributed by atoms with E-state index in [4.69, 9.17) is 16.0 Å². The van der Waals surface area contributed by atoms with Gasteiger partial charge in [-0.15, -0.1) is 0 Å². The van der Waals surface area contributed by atoms with Crippen molar-refractivity contribution in [2.24, 2.45) is 0 Å². The van der Waals surface area contributed by atoms with Crippen molar-refractivity contribution >= 4 is 40.1 Å². The molecule has 0 N–H and O–H groups in total. The van der Waals surface area contributed by atoms with Gasteiger partial charge in [0.2, 0.25) is 5.76 Å². The van der Waals surface area contributed by atoms with Gasteiger partial charge in [0.1, 0.15) is 5.58 Å². The molecule has 36 heavy (non-hydrogen) atoms. The Morgan fingerprint density at radius 3 is 2.47 bits per heavy atom. The molecule has 1 aromatic heterocycles. The number of unbranched alkanes of at least 4 members (excludes halogenated alkanes) is 1. The van der Waals surface area contributed by atoms with E-state index in [-0.39, 0.29) is 28.2 Å². The van der Waals surface area contributed by atoms with E-state index >= 15 is 0 Å². The fourth-order valence-corrected chi connectivity index (χ4v) is 5.67. The molecule has 180 valence electrons. The van der Waals surface area contributed by atoms with E-state index in [0.717, 1.165) is 12.0 Å². The maximum absolute atomic E-state index is 14.6. The zero-order valence-electron chi connectivity index (χ0n) is 19.7. The van der Waals surface area contributed by atoms with Gasteiger partial charge in [0.15, 0.2) is 11.0 Å². The Bertz CT molecular complexity index is 1600. The molecular formula is C29H23ClN2O4. The predicted molar refractivity (Wildman–Crippen MR) is 138 cm³/mol. The van der Waals surface area contributed by atoms with E-state index in [1.165, 1.54) is 6.07 Å². The number of carbonyl (C=O) groups excluding carboxylic acids is 2. The van der Waals surface area contributed by atoms with Crippen LogP contribution in [0, 0.1) is 0 Å². The highest BCUT2D eigenvalue weighted by atomic mass is 35.5. The van der Waals surface area contributed by atoms with E-state index in [2.05, 4.69) is 0 Å². The molecule has 0 radical (unpaired) electrons. The number of hydrogen-bond acceptors (Lipinski definition) is 4. The molecule has 1 unspecified atom stereocenters. The van der Waals surface area contributed by atoms with Crippen molar-refractivity contribution in [1.82, 2.24) is 4.90 Å². The van der Waals surface area contributed by atoms with Crippen LogP contribution in [0.1, 0.15) is 47.0 Å². The van der Waals surface area contributed by atoms with Gasteiger partial charge in [-0.2, -0.15) is 0 Å². The maximum atomic E-state index is 14.6. The fourth-order valence-electron chi connectivity index (χ4n) is 5.50. The van der Waals surface area contributed by atoms with E-state index in [1.54, 1.807) is 21.9 Å². The van der Waals surface area contributed by atoms with Crippen LogP contribution < -0.4 is 10.3 Å². The van der Waals surface area contributed by atoms with Crippen LogP contribution in [0.4, 0.5) is 5.69 Å². The van der Waals surface area contributed by atoms with E-state index in [1.807, 2.05) is 61.5 Å². The summed E-state index contributed by atoms with van der Waals surface area (Å²) in [4.78, 5) is 45.7. The van der Waals surface area contributed by atoms with Crippen molar-refractivity contribution in [2.45, 2.75) is 31.8 Å². The number of nitrogens with zero attached hydrogens (tertiary/aromatic N) is 2. The minimum absolute atomic E-state index is 0.0735. The number of amides is 2. The fraction of sp³-hybridized carbons (Fsp3) is 0.207. The second-order valence-corrected chi connectivity index (χ2v) is 9.63. The van der Waals surface area contributed by atoms with Crippen LogP contribution in [-0.2, 0) is 16.9 Å². The zero-order valence-corrected chi connectivity index (χ0v) is 20.4. The molecule has 1 atom stereocenters. The van der Waals surface area contributed by atoms with Gasteiger partial charge in [-0.05, 0) is 36.2 Å². The van der Waals surface area contributed by atoms with Crippen molar-refractivity contribution in [3.8, 4) is 0 Å². The number of para-hydroxylation sites is 1. The molecule has 0 bridgehead atoms. The minimum Gasteiger partial charge on any atom is -0.450 e. The summed E-state index contributed by atoms with van der Waals surface area (Å²) in [5.41, 5.74) is 0.576. The Balaban J connectivity index is 1.66. The van der Waals surface area contributed by atoms with Crippen LogP contribution in [-0.4, -0.2) is 23.3 Å². The summed E-state index contributed by atoms with van der Waals surface area (Å²) >= 11 is 6.21. The Morgan fingerprint density at radius 2 is 1.69 bits per heavy atom. The molecule has 2 amide bonds. The van der Waals surface area contributed by atoms with E-state index in [0.29, 0.717) is 35.8 Å². The van der Waals surface area contributed by atoms with Gasteiger partial charge in [0, 0.05) is 17.1 Å². The first kappa shape index (κ1) is 22.6. The molecule has 4 aromatic rings. The Morgan fingerprint density at radius 1 is 0.944 bits per heavy atom. The summed E-state index contributed by atoms with van der Waals surface area (Å²) in [5, 5.41) is 0.623. The SMILES string of the molecule is CCCCN1C(=O)c2oc3ccc(Cl)cc3c(=O)c2C12C(=O)N(Cc1ccccc1)c1ccccc12. The standard InChI is InChI=1S/C29H23ClN2O4/c1-2-3-15-32-27(34)26-24(25(33)20-16-19(30)13-14-23(20)36-26)29(32)21-11-7-8-12-22(21)31(28(29)35)17-18-9-5-4-6-10-18/h4-14,16H,2-3,15,17H2,1H3. The highest BCUT2D eigenvalue weighted by Gasteiger charge is 2.64. The number of rotatable bonds is 5. The summed E-state index contributed by atoms with van der Waals surface area (Å²) in [6, 6.07) is 21.8. The summed E-state index contributed by atoms with van der Waals surface area (Å²) in [6.07, 6.45) is 1.49. The first-order valence-electron chi connectivity index (χ1n) is 12.0.